The molecule has 0 aliphatic rings. The van der Waals surface area contributed by atoms with E-state index in [0.717, 1.165) is 18.5 Å². The molecule has 1 aromatic carbocycles. The first-order valence-corrected chi connectivity index (χ1v) is 6.55. The average molecular weight is 256 g/mol. The number of nitrogens with zero attached hydrogens (tertiary/aromatic N) is 2. The number of rotatable bonds is 5. The van der Waals surface area contributed by atoms with Gasteiger partial charge in [0.05, 0.1) is 0 Å². The molecule has 0 spiro atoms. The van der Waals surface area contributed by atoms with E-state index in [2.05, 4.69) is 23.9 Å². The zero-order valence-electron chi connectivity index (χ0n) is 11.5. The van der Waals surface area contributed by atoms with Crippen molar-refractivity contribution in [1.29, 1.82) is 0 Å². The highest BCUT2D eigenvalue weighted by atomic mass is 16.3. The van der Waals surface area contributed by atoms with Gasteiger partial charge in [0.15, 0.2) is 0 Å². The summed E-state index contributed by atoms with van der Waals surface area (Å²) in [6.45, 7) is 3.13. The Hall–Kier alpha value is -1.87. The summed E-state index contributed by atoms with van der Waals surface area (Å²) in [5, 5.41) is 9.53. The maximum absolute atomic E-state index is 9.53. The first-order valence-electron chi connectivity index (χ1n) is 6.55. The first kappa shape index (κ1) is 13.6. The van der Waals surface area contributed by atoms with Gasteiger partial charge in [0, 0.05) is 25.0 Å². The van der Waals surface area contributed by atoms with Crippen LogP contribution >= 0.6 is 0 Å². The van der Waals surface area contributed by atoms with Crippen LogP contribution in [0.25, 0.3) is 0 Å². The second kappa shape index (κ2) is 6.34. The topological polar surface area (TPSA) is 36.4 Å². The van der Waals surface area contributed by atoms with E-state index in [4.69, 9.17) is 0 Å². The summed E-state index contributed by atoms with van der Waals surface area (Å²) in [6.07, 6.45) is 4.66. The van der Waals surface area contributed by atoms with Crippen LogP contribution in [0.5, 0.6) is 5.75 Å². The number of benzene rings is 1. The Morgan fingerprint density at radius 1 is 1.21 bits per heavy atom. The van der Waals surface area contributed by atoms with Gasteiger partial charge in [0.25, 0.3) is 0 Å². The molecule has 1 heterocycles. The number of aromatic hydroxyl groups is 1. The fraction of sp³-hybridized carbons (Fsp3) is 0.312. The number of aromatic nitrogens is 1. The lowest BCUT2D eigenvalue weighted by Crippen LogP contribution is -2.24. The SMILES string of the molecule is CC(c1cccc(O)c1)N(C)CCc1ccncc1. The molecule has 100 valence electrons. The maximum Gasteiger partial charge on any atom is 0.115 e. The Kier molecular flexibility index (Phi) is 4.53. The molecule has 19 heavy (non-hydrogen) atoms. The van der Waals surface area contributed by atoms with E-state index < -0.39 is 0 Å². The molecular weight excluding hydrogens is 236 g/mol. The molecule has 1 N–H and O–H groups in total. The first-order chi connectivity index (χ1) is 9.16. The van der Waals surface area contributed by atoms with Crippen molar-refractivity contribution < 1.29 is 5.11 Å². The molecule has 2 rings (SSSR count). The fourth-order valence-corrected chi connectivity index (χ4v) is 2.09. The summed E-state index contributed by atoms with van der Waals surface area (Å²) < 4.78 is 0. The highest BCUT2D eigenvalue weighted by molar-refractivity contribution is 5.29. The van der Waals surface area contributed by atoms with E-state index in [1.807, 2.05) is 42.7 Å². The highest BCUT2D eigenvalue weighted by Crippen LogP contribution is 2.22. The Bertz CT molecular complexity index is 513. The van der Waals surface area contributed by atoms with Crippen molar-refractivity contribution in [3.8, 4) is 5.75 Å². The van der Waals surface area contributed by atoms with Gasteiger partial charge in [-0.3, -0.25) is 9.88 Å². The molecule has 1 unspecified atom stereocenters. The van der Waals surface area contributed by atoms with E-state index in [1.165, 1.54) is 5.56 Å². The van der Waals surface area contributed by atoms with E-state index >= 15 is 0 Å². The predicted molar refractivity (Wildman–Crippen MR) is 77.1 cm³/mol. The minimum atomic E-state index is 0.286. The monoisotopic (exact) mass is 256 g/mol. The van der Waals surface area contributed by atoms with Crippen LogP contribution in [-0.4, -0.2) is 28.6 Å². The number of phenols is 1. The summed E-state index contributed by atoms with van der Waals surface area (Å²) in [5.41, 5.74) is 2.43. The molecule has 0 amide bonds. The lowest BCUT2D eigenvalue weighted by molar-refractivity contribution is 0.264. The summed E-state index contributed by atoms with van der Waals surface area (Å²) in [7, 11) is 2.11. The van der Waals surface area contributed by atoms with Gasteiger partial charge in [-0.15, -0.1) is 0 Å². The van der Waals surface area contributed by atoms with Gasteiger partial charge < -0.3 is 5.11 Å². The van der Waals surface area contributed by atoms with Crippen LogP contribution in [0.3, 0.4) is 0 Å². The molecule has 2 aromatic rings. The van der Waals surface area contributed by atoms with Crippen molar-refractivity contribution >= 4 is 0 Å². The number of likely N-dealkylation sites (N-methyl/N-ethyl adjacent to an activating group) is 1. The highest BCUT2D eigenvalue weighted by Gasteiger charge is 2.11. The molecule has 1 atom stereocenters. The molecule has 1 aromatic heterocycles. The van der Waals surface area contributed by atoms with Crippen molar-refractivity contribution in [1.82, 2.24) is 9.88 Å². The van der Waals surface area contributed by atoms with Gasteiger partial charge in [0.1, 0.15) is 5.75 Å². The van der Waals surface area contributed by atoms with Gasteiger partial charge in [-0.1, -0.05) is 12.1 Å². The third-order valence-corrected chi connectivity index (χ3v) is 3.52. The van der Waals surface area contributed by atoms with Crippen molar-refractivity contribution in [2.45, 2.75) is 19.4 Å². The molecule has 0 bridgehead atoms. The van der Waals surface area contributed by atoms with Gasteiger partial charge in [-0.2, -0.15) is 0 Å². The summed E-state index contributed by atoms with van der Waals surface area (Å²) >= 11 is 0. The third kappa shape index (κ3) is 3.80. The van der Waals surface area contributed by atoms with Gasteiger partial charge >= 0.3 is 0 Å². The summed E-state index contributed by atoms with van der Waals surface area (Å²) in [6, 6.07) is 11.8. The minimum absolute atomic E-state index is 0.286. The standard InChI is InChI=1S/C16H20N2O/c1-13(15-4-3-5-16(19)12-15)18(2)11-8-14-6-9-17-10-7-14/h3-7,9-10,12-13,19H,8,11H2,1-2H3. The lowest BCUT2D eigenvalue weighted by atomic mass is 10.1. The minimum Gasteiger partial charge on any atom is -0.508 e. The van der Waals surface area contributed by atoms with Gasteiger partial charge in [-0.25, -0.2) is 0 Å². The van der Waals surface area contributed by atoms with Crippen LogP contribution in [0.15, 0.2) is 48.8 Å². The zero-order chi connectivity index (χ0) is 13.7. The van der Waals surface area contributed by atoms with E-state index in [1.54, 1.807) is 6.07 Å². The predicted octanol–water partition coefficient (Wildman–Crippen LogP) is 3.02. The molecule has 0 saturated heterocycles. The maximum atomic E-state index is 9.53. The molecule has 3 nitrogen and oxygen atoms in total. The van der Waals surface area contributed by atoms with Crippen molar-refractivity contribution in [3.63, 3.8) is 0 Å². The molecule has 3 heteroatoms. The number of hydrogen-bond acceptors (Lipinski definition) is 3. The summed E-state index contributed by atoms with van der Waals surface area (Å²) in [5.74, 6) is 0.326. The molecule has 0 aliphatic carbocycles. The summed E-state index contributed by atoms with van der Waals surface area (Å²) in [4.78, 5) is 6.31. The molecule has 0 radical (unpaired) electrons. The quantitative estimate of drug-likeness (QED) is 0.893. The second-order valence-electron chi connectivity index (χ2n) is 4.86. The second-order valence-corrected chi connectivity index (χ2v) is 4.86. The number of hydrogen-bond donors (Lipinski definition) is 1. The van der Waals surface area contributed by atoms with Crippen LogP contribution in [0.4, 0.5) is 0 Å². The lowest BCUT2D eigenvalue weighted by Gasteiger charge is -2.25. The zero-order valence-corrected chi connectivity index (χ0v) is 11.5. The molecular formula is C16H20N2O. The normalized spacial score (nSPS) is 12.6. The van der Waals surface area contributed by atoms with Crippen molar-refractivity contribution in [2.24, 2.45) is 0 Å². The molecule has 0 saturated carbocycles. The van der Waals surface area contributed by atoms with Gasteiger partial charge in [-0.05, 0) is 55.8 Å². The third-order valence-electron chi connectivity index (χ3n) is 3.52. The Labute approximate surface area is 114 Å². The molecule has 0 aliphatic heterocycles. The average Bonchev–Trinajstić information content (AvgIpc) is 2.45. The van der Waals surface area contributed by atoms with E-state index in [9.17, 15) is 5.11 Å². The Morgan fingerprint density at radius 3 is 2.63 bits per heavy atom. The Balaban J connectivity index is 1.94. The van der Waals surface area contributed by atoms with Crippen LogP contribution < -0.4 is 0 Å². The largest absolute Gasteiger partial charge is 0.508 e. The van der Waals surface area contributed by atoms with Crippen molar-refractivity contribution in [2.75, 3.05) is 13.6 Å². The number of pyridine rings is 1. The molecule has 0 fully saturated rings. The number of phenolic OH excluding ortho intramolecular Hbond substituents is 1. The van der Waals surface area contributed by atoms with Crippen LogP contribution in [0.1, 0.15) is 24.1 Å². The van der Waals surface area contributed by atoms with E-state index in [0.29, 0.717) is 5.75 Å². The Morgan fingerprint density at radius 2 is 1.95 bits per heavy atom. The van der Waals surface area contributed by atoms with E-state index in [-0.39, 0.29) is 6.04 Å². The van der Waals surface area contributed by atoms with Crippen LogP contribution in [0, 0.1) is 0 Å². The van der Waals surface area contributed by atoms with Crippen molar-refractivity contribution in [3.05, 3.63) is 59.9 Å². The van der Waals surface area contributed by atoms with Gasteiger partial charge in [0.2, 0.25) is 0 Å². The smallest absolute Gasteiger partial charge is 0.115 e. The van der Waals surface area contributed by atoms with Crippen LogP contribution in [-0.2, 0) is 6.42 Å². The fourth-order valence-electron chi connectivity index (χ4n) is 2.09. The van der Waals surface area contributed by atoms with Crippen LogP contribution in [0.2, 0.25) is 0 Å².